The van der Waals surface area contributed by atoms with Crippen LogP contribution in [0.3, 0.4) is 0 Å². The molecular weight excluding hydrogens is 678 g/mol. The van der Waals surface area contributed by atoms with Crippen molar-refractivity contribution in [1.29, 1.82) is 0 Å². The minimum Gasteiger partial charge on any atom is -0.446 e. The van der Waals surface area contributed by atoms with E-state index >= 15 is 0 Å². The summed E-state index contributed by atoms with van der Waals surface area (Å²) in [5.41, 5.74) is 3.81. The average molecular weight is 730 g/mol. The van der Waals surface area contributed by atoms with Crippen molar-refractivity contribution < 1.29 is 23.9 Å². The molecule has 4 aromatic rings. The van der Waals surface area contributed by atoms with Crippen LogP contribution in [-0.2, 0) is 34.3 Å². The number of H-pyrrole nitrogens is 1. The van der Waals surface area contributed by atoms with Crippen molar-refractivity contribution in [3.05, 3.63) is 64.0 Å². The molecule has 284 valence electrons. The molecule has 53 heavy (non-hydrogen) atoms. The van der Waals surface area contributed by atoms with E-state index in [0.717, 1.165) is 81.0 Å². The Balaban J connectivity index is 0.874. The molecule has 15 nitrogen and oxygen atoms in total. The van der Waals surface area contributed by atoms with Gasteiger partial charge in [-0.05, 0) is 82.6 Å². The highest BCUT2D eigenvalue weighted by Gasteiger charge is 2.32. The van der Waals surface area contributed by atoms with E-state index in [0.29, 0.717) is 36.4 Å². The monoisotopic (exact) mass is 729 g/mol. The van der Waals surface area contributed by atoms with Crippen molar-refractivity contribution in [3.63, 3.8) is 0 Å². The van der Waals surface area contributed by atoms with Crippen LogP contribution in [0.2, 0.25) is 0 Å². The van der Waals surface area contributed by atoms with Gasteiger partial charge in [0.1, 0.15) is 17.8 Å². The number of nitrogens with one attached hydrogen (secondary N) is 4. The van der Waals surface area contributed by atoms with Gasteiger partial charge in [-0.15, -0.1) is 0 Å². The summed E-state index contributed by atoms with van der Waals surface area (Å²) in [5, 5.41) is 19.7. The number of imidazole rings is 1. The number of aromatic amines is 1. The highest BCUT2D eigenvalue weighted by Crippen LogP contribution is 2.36. The second kappa shape index (κ2) is 17.1. The summed E-state index contributed by atoms with van der Waals surface area (Å²) in [4.78, 5) is 62.1. The fourth-order valence-electron chi connectivity index (χ4n) is 7.51. The molecule has 1 aromatic carbocycles. The van der Waals surface area contributed by atoms with Crippen LogP contribution in [0.15, 0.2) is 41.3 Å². The van der Waals surface area contributed by atoms with Crippen molar-refractivity contribution in [1.82, 2.24) is 39.7 Å². The predicted molar refractivity (Wildman–Crippen MR) is 199 cm³/mol. The van der Waals surface area contributed by atoms with E-state index in [1.807, 2.05) is 38.1 Å². The van der Waals surface area contributed by atoms with Crippen LogP contribution >= 0.6 is 0 Å². The molecule has 3 aromatic heterocycles. The van der Waals surface area contributed by atoms with Gasteiger partial charge in [-0.1, -0.05) is 38.2 Å². The number of carbonyl (C=O) groups excluding carboxylic acids is 4. The maximum atomic E-state index is 13.1. The van der Waals surface area contributed by atoms with Gasteiger partial charge >= 0.3 is 11.8 Å². The molecule has 0 spiro atoms. The summed E-state index contributed by atoms with van der Waals surface area (Å²) < 4.78 is 10.4. The molecular formula is C38H51N9O6. The van der Waals surface area contributed by atoms with Crippen LogP contribution in [0.25, 0.3) is 11.0 Å². The predicted octanol–water partition coefficient (Wildman–Crippen LogP) is 5.23. The number of piperidine rings is 1. The number of nitrogens with zero attached hydrogens (tertiary/aromatic N) is 5. The van der Waals surface area contributed by atoms with Crippen molar-refractivity contribution in [2.75, 3.05) is 5.32 Å². The molecule has 2 aliphatic rings. The lowest BCUT2D eigenvalue weighted by Gasteiger charge is -2.21. The fraction of sp³-hybridized carbons (Fsp3) is 0.553. The molecule has 1 saturated carbocycles. The lowest BCUT2D eigenvalue weighted by Crippen LogP contribution is -2.44. The fourth-order valence-corrected chi connectivity index (χ4v) is 7.51. The number of hydrogen-bond acceptors (Lipinski definition) is 8. The molecule has 4 N–H and O–H groups in total. The van der Waals surface area contributed by atoms with Gasteiger partial charge in [-0.3, -0.25) is 38.6 Å². The first-order valence-electron chi connectivity index (χ1n) is 19.0. The Morgan fingerprint density at radius 1 is 0.962 bits per heavy atom. The third-order valence-corrected chi connectivity index (χ3v) is 10.3. The van der Waals surface area contributed by atoms with Crippen LogP contribution in [0.4, 0.5) is 10.6 Å². The lowest BCUT2D eigenvalue weighted by molar-refractivity contribution is -0.135. The number of aromatic nitrogens is 6. The Hall–Kier alpha value is -5.21. The van der Waals surface area contributed by atoms with Gasteiger partial charge in [-0.2, -0.15) is 10.2 Å². The molecule has 4 amide bonds. The molecule has 15 heteroatoms. The summed E-state index contributed by atoms with van der Waals surface area (Å²) in [6.45, 7) is 4.45. The minimum absolute atomic E-state index is 0.0244. The molecule has 4 heterocycles. The largest absolute Gasteiger partial charge is 0.446 e. The second-order valence-electron chi connectivity index (χ2n) is 14.7. The summed E-state index contributed by atoms with van der Waals surface area (Å²) in [6.07, 6.45) is 12.4. The van der Waals surface area contributed by atoms with E-state index in [-0.39, 0.29) is 42.0 Å². The number of alkyl carbamates (subject to hydrolysis) is 1. The molecule has 1 aliphatic carbocycles. The molecule has 0 bridgehead atoms. The molecule has 1 unspecified atom stereocenters. The topological polar surface area (TPSA) is 187 Å². The zero-order valence-corrected chi connectivity index (χ0v) is 30.9. The molecule has 1 aliphatic heterocycles. The normalized spacial score (nSPS) is 18.8. The van der Waals surface area contributed by atoms with Crippen molar-refractivity contribution in [3.8, 4) is 0 Å². The molecule has 0 radical (unpaired) electrons. The average Bonchev–Trinajstić information content (AvgIpc) is 3.92. The lowest BCUT2D eigenvalue weighted by atomic mass is 10.0. The van der Waals surface area contributed by atoms with Crippen molar-refractivity contribution >= 4 is 40.7 Å². The van der Waals surface area contributed by atoms with Gasteiger partial charge in [-0.25, -0.2) is 9.59 Å². The van der Waals surface area contributed by atoms with E-state index in [1.165, 1.54) is 4.57 Å². The summed E-state index contributed by atoms with van der Waals surface area (Å²) >= 11 is 0. The Morgan fingerprint density at radius 2 is 1.74 bits per heavy atom. The van der Waals surface area contributed by atoms with Crippen LogP contribution in [0, 0.1) is 0 Å². The van der Waals surface area contributed by atoms with Crippen LogP contribution in [-0.4, -0.2) is 65.1 Å². The first kappa shape index (κ1) is 37.5. The zero-order chi connectivity index (χ0) is 37.5. The second-order valence-corrected chi connectivity index (χ2v) is 14.7. The van der Waals surface area contributed by atoms with E-state index < -0.39 is 18.0 Å². The highest BCUT2D eigenvalue weighted by atomic mass is 16.6. The summed E-state index contributed by atoms with van der Waals surface area (Å²) in [7, 11) is 1.72. The third-order valence-electron chi connectivity index (χ3n) is 10.3. The standard InChI is InChI=1S/C38H51N9O6/c1-24(2)40-37(51)53-27-14-13-26(22-27)28-23-33(44-43-28)41-35(49)30-18-19-39-46(30)20-10-8-6-4-5-7-9-11-25-12-15-29-32(21-25)45(3)38(52)47(29)31-16-17-34(48)42-36(31)50/h12,15,18-19,21,23-24,26-27,31H,4-11,13-14,16-17,20,22H2,1-3H3,(H,40,51)(H,42,48,50)(H2,41,43,44,49)/t26-,27+,31?/m0/s1. The van der Waals surface area contributed by atoms with Gasteiger partial charge in [0.25, 0.3) is 5.91 Å². The summed E-state index contributed by atoms with van der Waals surface area (Å²) in [6, 6.07) is 8.90. The zero-order valence-electron chi connectivity index (χ0n) is 30.9. The smallest absolute Gasteiger partial charge is 0.407 e. The number of ether oxygens (including phenoxy) is 1. The van der Waals surface area contributed by atoms with Gasteiger partial charge in [0.2, 0.25) is 11.8 Å². The van der Waals surface area contributed by atoms with E-state index in [4.69, 9.17) is 4.74 Å². The number of unbranched alkanes of at least 4 members (excludes halogenated alkanes) is 6. The number of imide groups is 1. The number of anilines is 1. The number of hydrogen-bond donors (Lipinski definition) is 4. The number of aryl methyl sites for hydroxylation is 3. The van der Waals surface area contributed by atoms with Gasteiger partial charge in [0.05, 0.1) is 11.0 Å². The molecule has 6 rings (SSSR count). The van der Waals surface area contributed by atoms with Crippen LogP contribution < -0.4 is 21.6 Å². The number of rotatable bonds is 16. The minimum atomic E-state index is -0.678. The third kappa shape index (κ3) is 9.24. The Bertz CT molecular complexity index is 1990. The van der Waals surface area contributed by atoms with E-state index in [1.54, 1.807) is 28.6 Å². The van der Waals surface area contributed by atoms with Gasteiger partial charge in [0.15, 0.2) is 5.82 Å². The quantitative estimate of drug-likeness (QED) is 0.0891. The first-order chi connectivity index (χ1) is 25.6. The summed E-state index contributed by atoms with van der Waals surface area (Å²) in [5.74, 6) is -0.351. The van der Waals surface area contributed by atoms with Crippen LogP contribution in [0.5, 0.6) is 0 Å². The number of carbonyl (C=O) groups is 4. The molecule has 1 saturated heterocycles. The van der Waals surface area contributed by atoms with E-state index in [2.05, 4.69) is 31.2 Å². The molecule has 2 fully saturated rings. The SMILES string of the molecule is CC(C)NC(=O)O[C@@H]1CC[C@H](c2cc(NC(=O)c3ccnn3CCCCCCCCCc3ccc4c(c3)n(C)c(=O)n4C3CCC(=O)NC3=O)n[nH]2)C1. The number of benzene rings is 1. The molecule has 3 atom stereocenters. The van der Waals surface area contributed by atoms with Crippen molar-refractivity contribution in [2.24, 2.45) is 7.05 Å². The first-order valence-corrected chi connectivity index (χ1v) is 19.0. The highest BCUT2D eigenvalue weighted by molar-refractivity contribution is 6.02. The maximum absolute atomic E-state index is 13.1. The Labute approximate surface area is 308 Å². The van der Waals surface area contributed by atoms with Crippen molar-refractivity contribution in [2.45, 2.75) is 128 Å². The van der Waals surface area contributed by atoms with E-state index in [9.17, 15) is 24.0 Å². The Kier molecular flexibility index (Phi) is 12.1. The van der Waals surface area contributed by atoms with Gasteiger partial charge < -0.3 is 15.4 Å². The van der Waals surface area contributed by atoms with Crippen LogP contribution in [0.1, 0.15) is 125 Å². The Morgan fingerprint density at radius 3 is 2.51 bits per heavy atom. The number of amides is 4. The number of fused-ring (bicyclic) bond motifs is 1. The van der Waals surface area contributed by atoms with Gasteiger partial charge in [0, 0.05) is 49.9 Å². The maximum Gasteiger partial charge on any atom is 0.407 e.